The highest BCUT2D eigenvalue weighted by molar-refractivity contribution is 6.66. The Hall–Kier alpha value is -3.55. The maximum absolute atomic E-state index is 2.72. The molecule has 0 spiro atoms. The summed E-state index contributed by atoms with van der Waals surface area (Å²) in [5.41, 5.74) is 21.9. The van der Waals surface area contributed by atoms with Gasteiger partial charge in [0.25, 0.3) is 0 Å². The van der Waals surface area contributed by atoms with Crippen molar-refractivity contribution >= 4 is 36.9 Å². The smallest absolute Gasteiger partial charge is 0.0361 e. The van der Waals surface area contributed by atoms with Gasteiger partial charge in [0.1, 0.15) is 0 Å². The Morgan fingerprint density at radius 1 is 0.723 bits per heavy atom. The van der Waals surface area contributed by atoms with Crippen LogP contribution in [0.2, 0.25) is 12.1 Å². The van der Waals surface area contributed by atoms with Gasteiger partial charge in [0.2, 0.25) is 0 Å². The molecular weight excluding hydrogens is 581 g/mol. The lowest BCUT2D eigenvalue weighted by molar-refractivity contribution is 0.589. The summed E-state index contributed by atoms with van der Waals surface area (Å²) in [6.07, 6.45) is 6.12. The third-order valence-electron chi connectivity index (χ3n) is 11.2. The molecule has 0 bridgehead atoms. The fourth-order valence-corrected chi connectivity index (χ4v) is 10.4. The van der Waals surface area contributed by atoms with Crippen LogP contribution < -0.4 is 0 Å². The van der Waals surface area contributed by atoms with Crippen molar-refractivity contribution in [1.29, 1.82) is 0 Å². The fourth-order valence-electron chi connectivity index (χ4n) is 8.30. The molecular formula is C46H52Si. The molecule has 240 valence electrons. The van der Waals surface area contributed by atoms with E-state index in [9.17, 15) is 0 Å². The molecule has 0 aliphatic heterocycles. The summed E-state index contributed by atoms with van der Waals surface area (Å²) in [7, 11) is -0.440. The Morgan fingerprint density at radius 2 is 1.40 bits per heavy atom. The summed E-state index contributed by atoms with van der Waals surface area (Å²) in [4.78, 5) is 0. The lowest BCUT2D eigenvalue weighted by Gasteiger charge is -2.27. The molecule has 0 aromatic heterocycles. The maximum atomic E-state index is 2.72. The molecule has 4 aromatic carbocycles. The number of hydrogen-bond donors (Lipinski definition) is 0. The van der Waals surface area contributed by atoms with Crippen molar-refractivity contribution in [3.8, 4) is 0 Å². The van der Waals surface area contributed by atoms with Crippen molar-refractivity contribution in [2.45, 2.75) is 109 Å². The molecule has 1 atom stereocenters. The molecule has 47 heavy (non-hydrogen) atoms. The van der Waals surface area contributed by atoms with Crippen LogP contribution >= 0.6 is 0 Å². The zero-order chi connectivity index (χ0) is 33.1. The van der Waals surface area contributed by atoms with Crippen LogP contribution in [0.1, 0.15) is 129 Å². The first-order valence-electron chi connectivity index (χ1n) is 18.1. The van der Waals surface area contributed by atoms with Crippen molar-refractivity contribution in [1.82, 2.24) is 0 Å². The molecule has 0 N–H and O–H groups in total. The van der Waals surface area contributed by atoms with Crippen molar-refractivity contribution < 1.29 is 0 Å². The van der Waals surface area contributed by atoms with Crippen LogP contribution in [0.25, 0.3) is 22.8 Å². The average molecular weight is 633 g/mol. The molecule has 1 saturated carbocycles. The van der Waals surface area contributed by atoms with Gasteiger partial charge in [0.15, 0.2) is 0 Å². The largest absolute Gasteiger partial charge is 0.0938 e. The van der Waals surface area contributed by atoms with Gasteiger partial charge in [-0.05, 0) is 128 Å². The molecule has 1 unspecified atom stereocenters. The van der Waals surface area contributed by atoms with Crippen LogP contribution in [0.3, 0.4) is 0 Å². The van der Waals surface area contributed by atoms with Crippen molar-refractivity contribution in [3.63, 3.8) is 0 Å². The van der Waals surface area contributed by atoms with Gasteiger partial charge in [-0.15, -0.1) is 0 Å². The topological polar surface area (TPSA) is 0 Å². The molecule has 0 amide bonds. The molecule has 1 heteroatoms. The number of fused-ring (bicyclic) bond motifs is 2. The van der Waals surface area contributed by atoms with E-state index in [1.54, 1.807) is 11.1 Å². The summed E-state index contributed by atoms with van der Waals surface area (Å²) in [6, 6.07) is 35.9. The molecule has 1 fully saturated rings. The summed E-state index contributed by atoms with van der Waals surface area (Å²) in [5, 5.41) is 0. The predicted molar refractivity (Wildman–Crippen MR) is 208 cm³/mol. The Bertz CT molecular complexity index is 1940. The molecule has 0 nitrogen and oxygen atoms in total. The monoisotopic (exact) mass is 632 g/mol. The van der Waals surface area contributed by atoms with E-state index in [4.69, 9.17) is 0 Å². The summed E-state index contributed by atoms with van der Waals surface area (Å²) >= 11 is 0. The van der Waals surface area contributed by atoms with Gasteiger partial charge in [0.05, 0.1) is 0 Å². The van der Waals surface area contributed by atoms with E-state index in [1.807, 2.05) is 0 Å². The van der Waals surface area contributed by atoms with Crippen LogP contribution in [0, 0.1) is 6.92 Å². The van der Waals surface area contributed by atoms with Crippen molar-refractivity contribution in [3.05, 3.63) is 141 Å². The van der Waals surface area contributed by atoms with Gasteiger partial charge in [-0.1, -0.05) is 139 Å². The van der Waals surface area contributed by atoms with E-state index in [0.717, 1.165) is 6.42 Å². The Labute approximate surface area is 285 Å². The summed E-state index contributed by atoms with van der Waals surface area (Å²) < 4.78 is 0. The molecule has 3 aliphatic carbocycles. The van der Waals surface area contributed by atoms with Crippen LogP contribution in [0.4, 0.5) is 0 Å². The Kier molecular flexibility index (Phi) is 8.28. The first kappa shape index (κ1) is 32.0. The normalized spacial score (nSPS) is 17.4. The van der Waals surface area contributed by atoms with Gasteiger partial charge in [0, 0.05) is 19.7 Å². The highest BCUT2D eigenvalue weighted by Crippen LogP contribution is 2.56. The first-order chi connectivity index (χ1) is 22.5. The Balaban J connectivity index is 1.43. The standard InChI is InChI=1S/C46H52Si/c1-9-47(10-2)29-46(7,8)35-22-24-39(40(28-35)31-19-20-31)42-27-33-16-12-14-18-38(33)44(42)43-37-17-13-11-15-32(37)26-41(43)36-23-21-34(25-30(36)3)45(4,5)6/h11-18,21-26,28-29,31,43H,9-10,19-20,27H2,1-8H3. The molecule has 7 rings (SSSR count). The number of rotatable bonds is 8. The minimum Gasteiger partial charge on any atom is -0.0938 e. The van der Waals surface area contributed by atoms with E-state index in [-0.39, 0.29) is 16.7 Å². The van der Waals surface area contributed by atoms with E-state index in [2.05, 4.69) is 152 Å². The molecule has 0 heterocycles. The lowest BCUT2D eigenvalue weighted by atomic mass is 9.77. The van der Waals surface area contributed by atoms with E-state index >= 15 is 0 Å². The lowest BCUT2D eigenvalue weighted by Crippen LogP contribution is -2.24. The zero-order valence-corrected chi connectivity index (χ0v) is 30.9. The second-order valence-electron chi connectivity index (χ2n) is 16.0. The average Bonchev–Trinajstić information content (AvgIpc) is 3.74. The predicted octanol–water partition coefficient (Wildman–Crippen LogP) is 12.2. The van der Waals surface area contributed by atoms with Crippen LogP contribution in [-0.2, 0) is 17.3 Å². The number of hydrogen-bond acceptors (Lipinski definition) is 0. The molecule has 4 aromatic rings. The highest BCUT2D eigenvalue weighted by Gasteiger charge is 2.38. The van der Waals surface area contributed by atoms with E-state index < -0.39 is 8.41 Å². The van der Waals surface area contributed by atoms with E-state index in [0.29, 0.717) is 5.92 Å². The second kappa shape index (κ2) is 12.2. The van der Waals surface area contributed by atoms with Crippen LogP contribution in [0.5, 0.6) is 0 Å². The SMILES string of the molecule is CC[Si](=CC(C)(C)c1ccc(C2=C(C3C(c4ccc(C(C)(C)C)cc4C)=Cc4ccccc43)c3ccccc3C2)c(C2CC2)c1)CC. The molecule has 0 radical (unpaired) electrons. The second-order valence-corrected chi connectivity index (χ2v) is 19.0. The van der Waals surface area contributed by atoms with Gasteiger partial charge in [-0.25, -0.2) is 0 Å². The fraction of sp³-hybridized carbons (Fsp3) is 0.370. The zero-order valence-electron chi connectivity index (χ0n) is 29.9. The highest BCUT2D eigenvalue weighted by atomic mass is 28.2. The summed E-state index contributed by atoms with van der Waals surface area (Å²) in [5.74, 6) is 0.887. The van der Waals surface area contributed by atoms with Gasteiger partial charge < -0.3 is 0 Å². The van der Waals surface area contributed by atoms with Crippen LogP contribution in [-0.4, -0.2) is 14.1 Å². The van der Waals surface area contributed by atoms with Gasteiger partial charge in [-0.3, -0.25) is 0 Å². The number of aryl methyl sites for hydroxylation is 1. The molecule has 3 aliphatic rings. The summed E-state index contributed by atoms with van der Waals surface area (Å²) in [6.45, 7) is 18.9. The van der Waals surface area contributed by atoms with Crippen molar-refractivity contribution in [2.75, 3.05) is 0 Å². The Morgan fingerprint density at radius 3 is 2.11 bits per heavy atom. The minimum absolute atomic E-state index is 0.0926. The van der Waals surface area contributed by atoms with E-state index in [1.165, 1.54) is 86.1 Å². The van der Waals surface area contributed by atoms with Crippen molar-refractivity contribution in [2.24, 2.45) is 0 Å². The van der Waals surface area contributed by atoms with Gasteiger partial charge in [-0.2, -0.15) is 0 Å². The number of allylic oxidation sites excluding steroid dienone is 3. The third-order valence-corrected chi connectivity index (χ3v) is 14.2. The minimum atomic E-state index is -0.440. The number of benzene rings is 4. The van der Waals surface area contributed by atoms with Crippen LogP contribution in [0.15, 0.2) is 84.9 Å². The quantitative estimate of drug-likeness (QED) is 0.170. The maximum Gasteiger partial charge on any atom is 0.0361 e. The van der Waals surface area contributed by atoms with Gasteiger partial charge >= 0.3 is 0 Å². The third kappa shape index (κ3) is 5.90. The first-order valence-corrected chi connectivity index (χ1v) is 20.1. The molecule has 0 saturated heterocycles.